The lowest BCUT2D eigenvalue weighted by molar-refractivity contribution is 0.0997. The largest absolute Gasteiger partial charge is 0.513 e. The highest BCUT2D eigenvalue weighted by molar-refractivity contribution is 7.89. The number of H-pyrrole nitrogens is 2. The highest BCUT2D eigenvalue weighted by atomic mass is 35.5. The van der Waals surface area contributed by atoms with E-state index < -0.39 is 21.7 Å². The first-order valence-corrected chi connectivity index (χ1v) is 10.1. The number of ether oxygens (including phenoxy) is 2. The van der Waals surface area contributed by atoms with Crippen LogP contribution in [0.1, 0.15) is 13.3 Å². The van der Waals surface area contributed by atoms with Crippen molar-refractivity contribution < 1.29 is 22.7 Å². The highest BCUT2D eigenvalue weighted by Gasteiger charge is 2.24. The number of benzene rings is 1. The third-order valence-corrected chi connectivity index (χ3v) is 6.32. The van der Waals surface area contributed by atoms with Crippen LogP contribution in [-0.2, 0) is 14.8 Å². The van der Waals surface area contributed by atoms with Crippen LogP contribution in [-0.4, -0.2) is 49.5 Å². The van der Waals surface area contributed by atoms with Gasteiger partial charge in [-0.05, 0) is 18.6 Å². The van der Waals surface area contributed by atoms with Gasteiger partial charge in [0.2, 0.25) is 10.0 Å². The minimum absolute atomic E-state index is 0.0442. The van der Waals surface area contributed by atoms with E-state index in [1.807, 2.05) is 6.92 Å². The first kappa shape index (κ1) is 20.2. The Hall–Kier alpha value is -2.56. The zero-order chi connectivity index (χ0) is 20.6. The zero-order valence-corrected chi connectivity index (χ0v) is 16.9. The fourth-order valence-corrected chi connectivity index (χ4v) is 4.10. The SMILES string of the molecule is CCCOC(=O)Oc1c[nH]c2c(=O)[nH]c3cc(Cl)c(S(=O)(=O)N(C)C)cc3c12. The molecular weight excluding hydrogens is 410 g/mol. The lowest BCUT2D eigenvalue weighted by atomic mass is 10.1. The molecule has 0 unspecified atom stereocenters. The summed E-state index contributed by atoms with van der Waals surface area (Å²) < 4.78 is 36.3. The number of hydrogen-bond acceptors (Lipinski definition) is 6. The van der Waals surface area contributed by atoms with Crippen LogP contribution in [0.2, 0.25) is 5.02 Å². The molecule has 2 aromatic heterocycles. The summed E-state index contributed by atoms with van der Waals surface area (Å²) in [6.07, 6.45) is 1.03. The monoisotopic (exact) mass is 427 g/mol. The molecule has 150 valence electrons. The van der Waals surface area contributed by atoms with E-state index in [2.05, 4.69) is 9.97 Å². The first-order valence-electron chi connectivity index (χ1n) is 8.30. The molecule has 0 radical (unpaired) electrons. The molecule has 0 aliphatic heterocycles. The minimum Gasteiger partial charge on any atom is -0.434 e. The molecule has 9 nitrogen and oxygen atoms in total. The highest BCUT2D eigenvalue weighted by Crippen LogP contribution is 2.35. The molecule has 0 atom stereocenters. The molecule has 0 saturated heterocycles. The van der Waals surface area contributed by atoms with Gasteiger partial charge in [-0.15, -0.1) is 0 Å². The second-order valence-electron chi connectivity index (χ2n) is 6.17. The Bertz CT molecular complexity index is 1230. The molecule has 0 aliphatic carbocycles. The number of aromatic amines is 2. The van der Waals surface area contributed by atoms with E-state index >= 15 is 0 Å². The van der Waals surface area contributed by atoms with Crippen molar-refractivity contribution in [2.75, 3.05) is 20.7 Å². The van der Waals surface area contributed by atoms with E-state index in [0.29, 0.717) is 17.3 Å². The minimum atomic E-state index is -3.84. The van der Waals surface area contributed by atoms with Crippen molar-refractivity contribution in [3.05, 3.63) is 33.7 Å². The Morgan fingerprint density at radius 1 is 1.29 bits per heavy atom. The van der Waals surface area contributed by atoms with Crippen molar-refractivity contribution in [3.63, 3.8) is 0 Å². The normalized spacial score (nSPS) is 12.0. The number of halogens is 1. The molecule has 0 amide bonds. The maximum atomic E-state index is 12.6. The molecular formula is C17H18ClN3O6S. The van der Waals surface area contributed by atoms with Crippen molar-refractivity contribution in [1.29, 1.82) is 0 Å². The van der Waals surface area contributed by atoms with Crippen molar-refractivity contribution in [2.45, 2.75) is 18.2 Å². The van der Waals surface area contributed by atoms with Gasteiger partial charge in [0.1, 0.15) is 10.4 Å². The Kier molecular flexibility index (Phi) is 5.37. The summed E-state index contributed by atoms with van der Waals surface area (Å²) in [5.74, 6) is 0.0442. The fraction of sp³-hybridized carbons (Fsp3) is 0.294. The van der Waals surface area contributed by atoms with Gasteiger partial charge < -0.3 is 19.4 Å². The fourth-order valence-electron chi connectivity index (χ4n) is 2.68. The Labute approximate surface area is 165 Å². The number of nitrogens with zero attached hydrogens (tertiary/aromatic N) is 1. The van der Waals surface area contributed by atoms with Gasteiger partial charge in [0.05, 0.1) is 22.5 Å². The van der Waals surface area contributed by atoms with Crippen LogP contribution in [0.15, 0.2) is 28.0 Å². The molecule has 3 rings (SSSR count). The van der Waals surface area contributed by atoms with Crippen molar-refractivity contribution in [2.24, 2.45) is 0 Å². The molecule has 1 aromatic carbocycles. The maximum Gasteiger partial charge on any atom is 0.513 e. The zero-order valence-electron chi connectivity index (χ0n) is 15.3. The van der Waals surface area contributed by atoms with E-state index in [9.17, 15) is 18.0 Å². The van der Waals surface area contributed by atoms with Crippen LogP contribution in [0.5, 0.6) is 5.75 Å². The standard InChI is InChI=1S/C17H18ClN3O6S/c1-4-5-26-17(23)27-12-8-19-15-14(12)9-6-13(28(24,25)21(2)3)10(18)7-11(9)20-16(15)22/h6-8,19H,4-5H2,1-3H3,(H,20,22). The van der Waals surface area contributed by atoms with Crippen molar-refractivity contribution in [1.82, 2.24) is 14.3 Å². The molecule has 28 heavy (non-hydrogen) atoms. The third-order valence-electron chi connectivity index (χ3n) is 4.04. The Morgan fingerprint density at radius 2 is 2.00 bits per heavy atom. The van der Waals surface area contributed by atoms with Crippen LogP contribution in [0.25, 0.3) is 21.8 Å². The van der Waals surface area contributed by atoms with Gasteiger partial charge in [0.25, 0.3) is 5.56 Å². The molecule has 0 spiro atoms. The number of rotatable bonds is 5. The number of fused-ring (bicyclic) bond motifs is 3. The molecule has 0 aliphatic rings. The molecule has 2 heterocycles. The smallest absolute Gasteiger partial charge is 0.434 e. The van der Waals surface area contributed by atoms with Gasteiger partial charge in [-0.25, -0.2) is 17.5 Å². The number of hydrogen-bond donors (Lipinski definition) is 2. The van der Waals surface area contributed by atoms with Crippen LogP contribution < -0.4 is 10.3 Å². The number of sulfonamides is 1. The molecule has 3 aromatic rings. The van der Waals surface area contributed by atoms with Gasteiger partial charge >= 0.3 is 6.16 Å². The van der Waals surface area contributed by atoms with Crippen LogP contribution in [0, 0.1) is 0 Å². The first-order chi connectivity index (χ1) is 13.2. The summed E-state index contributed by atoms with van der Waals surface area (Å²) in [6, 6.07) is 2.68. The summed E-state index contributed by atoms with van der Waals surface area (Å²) >= 11 is 6.15. The lowest BCUT2D eigenvalue weighted by Crippen LogP contribution is -2.22. The van der Waals surface area contributed by atoms with Gasteiger partial charge in [-0.2, -0.15) is 0 Å². The molecule has 0 saturated carbocycles. The summed E-state index contributed by atoms with van der Waals surface area (Å²) in [6.45, 7) is 2.02. The second kappa shape index (κ2) is 7.46. The van der Waals surface area contributed by atoms with Crippen LogP contribution in [0.4, 0.5) is 4.79 Å². The van der Waals surface area contributed by atoms with Crippen molar-refractivity contribution >= 4 is 49.6 Å². The molecule has 0 fully saturated rings. The Balaban J connectivity index is 2.27. The quantitative estimate of drug-likeness (QED) is 0.604. The maximum absolute atomic E-state index is 12.6. The van der Waals surface area contributed by atoms with E-state index in [1.165, 1.54) is 32.4 Å². The average molecular weight is 428 g/mol. The van der Waals surface area contributed by atoms with Crippen molar-refractivity contribution in [3.8, 4) is 5.75 Å². The van der Waals surface area contributed by atoms with Crippen LogP contribution >= 0.6 is 11.6 Å². The third kappa shape index (κ3) is 3.46. The molecule has 11 heteroatoms. The van der Waals surface area contributed by atoms with Crippen LogP contribution in [0.3, 0.4) is 0 Å². The summed E-state index contributed by atoms with van der Waals surface area (Å²) in [5.41, 5.74) is -0.0496. The van der Waals surface area contributed by atoms with E-state index in [1.54, 1.807) is 0 Å². The van der Waals surface area contributed by atoms with E-state index in [0.717, 1.165) is 4.31 Å². The summed E-state index contributed by atoms with van der Waals surface area (Å²) in [5, 5.41) is 0.551. The van der Waals surface area contributed by atoms with Gasteiger partial charge in [-0.3, -0.25) is 4.79 Å². The van der Waals surface area contributed by atoms with Gasteiger partial charge in [0, 0.05) is 25.7 Å². The van der Waals surface area contributed by atoms with Gasteiger partial charge in [-0.1, -0.05) is 18.5 Å². The number of aromatic nitrogens is 2. The number of carbonyl (C=O) groups is 1. The number of pyridine rings is 1. The summed E-state index contributed by atoms with van der Waals surface area (Å²) in [7, 11) is -1.08. The van der Waals surface area contributed by atoms with E-state index in [-0.39, 0.29) is 33.2 Å². The lowest BCUT2D eigenvalue weighted by Gasteiger charge is -2.14. The predicted molar refractivity (Wildman–Crippen MR) is 105 cm³/mol. The summed E-state index contributed by atoms with van der Waals surface area (Å²) in [4.78, 5) is 29.4. The average Bonchev–Trinajstić information content (AvgIpc) is 3.03. The Morgan fingerprint density at radius 3 is 2.64 bits per heavy atom. The van der Waals surface area contributed by atoms with E-state index in [4.69, 9.17) is 21.1 Å². The topological polar surface area (TPSA) is 122 Å². The number of carbonyl (C=O) groups excluding carboxylic acids is 1. The molecule has 0 bridgehead atoms. The predicted octanol–water partition coefficient (Wildman–Crippen LogP) is 2.84. The molecule has 2 N–H and O–H groups in total. The second-order valence-corrected chi connectivity index (χ2v) is 8.70. The van der Waals surface area contributed by atoms with Gasteiger partial charge in [0.15, 0.2) is 5.75 Å². The number of nitrogens with one attached hydrogen (secondary N) is 2.